The Balaban J connectivity index is 1.61. The summed E-state index contributed by atoms with van der Waals surface area (Å²) in [7, 11) is -2.98. The van der Waals surface area contributed by atoms with E-state index in [1.807, 2.05) is 6.92 Å². The lowest BCUT2D eigenvalue weighted by Crippen LogP contribution is -2.56. The number of piperidine rings is 1. The van der Waals surface area contributed by atoms with Gasteiger partial charge < -0.3 is 10.2 Å². The van der Waals surface area contributed by atoms with E-state index in [0.29, 0.717) is 45.2 Å². The summed E-state index contributed by atoms with van der Waals surface area (Å²) >= 11 is 0. The number of hydrogen-bond acceptors (Lipinski definition) is 5. The summed E-state index contributed by atoms with van der Waals surface area (Å²) in [5, 5.41) is 5.19. The Labute approximate surface area is 154 Å². The van der Waals surface area contributed by atoms with E-state index in [4.69, 9.17) is 0 Å². The number of nitrogens with zero attached hydrogens (tertiary/aromatic N) is 1. The van der Waals surface area contributed by atoms with E-state index in [0.717, 1.165) is 6.42 Å². The molecule has 3 aliphatic heterocycles. The maximum Gasteiger partial charge on any atom is 0.322 e. The molecule has 0 saturated carbocycles. The van der Waals surface area contributed by atoms with Crippen LogP contribution < -0.4 is 10.6 Å². The van der Waals surface area contributed by atoms with Gasteiger partial charge in [-0.25, -0.2) is 13.2 Å². The molecule has 3 saturated heterocycles. The average Bonchev–Trinajstić information content (AvgIpc) is 2.89. The molecule has 4 amide bonds. The minimum absolute atomic E-state index is 0.00434. The number of carbonyl (C=O) groups is 3. The second-order valence-corrected chi connectivity index (χ2v) is 9.96. The summed E-state index contributed by atoms with van der Waals surface area (Å²) < 4.78 is 23.1. The van der Waals surface area contributed by atoms with E-state index in [1.165, 1.54) is 0 Å². The molecule has 1 atom stereocenters. The van der Waals surface area contributed by atoms with Crippen LogP contribution >= 0.6 is 0 Å². The molecule has 0 aliphatic carbocycles. The summed E-state index contributed by atoms with van der Waals surface area (Å²) in [4.78, 5) is 38.5. The molecular weight excluding hydrogens is 358 g/mol. The lowest BCUT2D eigenvalue weighted by atomic mass is 9.75. The van der Waals surface area contributed by atoms with E-state index in [1.54, 1.807) is 4.90 Å². The molecule has 0 spiro atoms. The number of nitrogens with one attached hydrogen (secondary N) is 2. The molecule has 146 valence electrons. The number of urea groups is 1. The van der Waals surface area contributed by atoms with Gasteiger partial charge in [0.2, 0.25) is 5.91 Å². The van der Waals surface area contributed by atoms with Gasteiger partial charge in [0.1, 0.15) is 15.4 Å². The quantitative estimate of drug-likeness (QED) is 0.682. The highest BCUT2D eigenvalue weighted by Gasteiger charge is 2.51. The highest BCUT2D eigenvalue weighted by Crippen LogP contribution is 2.35. The number of sulfone groups is 1. The van der Waals surface area contributed by atoms with Crippen molar-refractivity contribution in [1.29, 1.82) is 0 Å². The van der Waals surface area contributed by atoms with E-state index < -0.39 is 21.4 Å². The summed E-state index contributed by atoms with van der Waals surface area (Å²) in [5.41, 5.74) is -0.861. The zero-order valence-electron chi connectivity index (χ0n) is 15.1. The number of rotatable bonds is 4. The van der Waals surface area contributed by atoms with Crippen LogP contribution in [0.2, 0.25) is 0 Å². The molecule has 0 unspecified atom stereocenters. The van der Waals surface area contributed by atoms with Gasteiger partial charge in [-0.05, 0) is 38.0 Å². The van der Waals surface area contributed by atoms with Gasteiger partial charge in [-0.2, -0.15) is 0 Å². The van der Waals surface area contributed by atoms with Gasteiger partial charge in [0.15, 0.2) is 0 Å². The van der Waals surface area contributed by atoms with Crippen molar-refractivity contribution in [2.24, 2.45) is 11.8 Å². The number of hydrogen-bond donors (Lipinski definition) is 2. The molecule has 3 heterocycles. The Bertz CT molecular complexity index is 685. The van der Waals surface area contributed by atoms with Crippen LogP contribution in [-0.4, -0.2) is 61.3 Å². The number of imide groups is 1. The number of likely N-dealkylation sites (tertiary alicyclic amines) is 1. The zero-order valence-corrected chi connectivity index (χ0v) is 15.9. The smallest absolute Gasteiger partial charge is 0.322 e. The standard InChI is InChI=1S/C17H27N3O5S/c1-2-7-17(15(22)18-16(23)19-17)13-3-8-20(9-4-13)14(21)12-5-10-26(24,25)11-6-12/h12-13H,2-11H2,1H3,(H2,18,19,22,23)/t17-/m1/s1. The Morgan fingerprint density at radius 3 is 2.27 bits per heavy atom. The minimum atomic E-state index is -2.98. The third-order valence-electron chi connectivity index (χ3n) is 6.02. The summed E-state index contributed by atoms with van der Waals surface area (Å²) in [6.07, 6.45) is 3.49. The molecule has 0 aromatic carbocycles. The normalized spacial score (nSPS) is 30.1. The maximum absolute atomic E-state index is 12.7. The van der Waals surface area contributed by atoms with Gasteiger partial charge >= 0.3 is 6.03 Å². The lowest BCUT2D eigenvalue weighted by Gasteiger charge is -2.41. The molecule has 0 radical (unpaired) electrons. The van der Waals surface area contributed by atoms with Gasteiger partial charge in [0, 0.05) is 19.0 Å². The highest BCUT2D eigenvalue weighted by atomic mass is 32.2. The van der Waals surface area contributed by atoms with Crippen LogP contribution in [-0.2, 0) is 19.4 Å². The van der Waals surface area contributed by atoms with Gasteiger partial charge in [-0.3, -0.25) is 14.9 Å². The largest absolute Gasteiger partial charge is 0.342 e. The van der Waals surface area contributed by atoms with Crippen molar-refractivity contribution in [3.63, 3.8) is 0 Å². The summed E-state index contributed by atoms with van der Waals surface area (Å²) in [6.45, 7) is 3.07. The number of carbonyl (C=O) groups excluding carboxylic acids is 3. The van der Waals surface area contributed by atoms with Gasteiger partial charge in [-0.15, -0.1) is 0 Å². The first-order valence-corrected chi connectivity index (χ1v) is 11.2. The van der Waals surface area contributed by atoms with Crippen LogP contribution in [0.25, 0.3) is 0 Å². The zero-order chi connectivity index (χ0) is 18.9. The van der Waals surface area contributed by atoms with Crippen molar-refractivity contribution in [2.75, 3.05) is 24.6 Å². The topological polar surface area (TPSA) is 113 Å². The van der Waals surface area contributed by atoms with Crippen LogP contribution in [0.4, 0.5) is 4.79 Å². The second kappa shape index (κ2) is 7.17. The monoisotopic (exact) mass is 385 g/mol. The maximum atomic E-state index is 12.7. The fraction of sp³-hybridized carbons (Fsp3) is 0.824. The SMILES string of the molecule is CCC[C@]1(C2CCN(C(=O)C3CCS(=O)(=O)CC3)CC2)NC(=O)NC1=O. The average molecular weight is 385 g/mol. The van der Waals surface area contributed by atoms with Crippen molar-refractivity contribution < 1.29 is 22.8 Å². The molecule has 3 rings (SSSR count). The van der Waals surface area contributed by atoms with Gasteiger partial charge in [-0.1, -0.05) is 13.3 Å². The Kier molecular flexibility index (Phi) is 5.28. The van der Waals surface area contributed by atoms with Crippen LogP contribution in [0.3, 0.4) is 0 Å². The fourth-order valence-corrected chi connectivity index (χ4v) is 6.05. The predicted octanol–water partition coefficient (Wildman–Crippen LogP) is 0.428. The third kappa shape index (κ3) is 3.58. The lowest BCUT2D eigenvalue weighted by molar-refractivity contribution is -0.138. The molecule has 3 aliphatic rings. The summed E-state index contributed by atoms with van der Waals surface area (Å²) in [6, 6.07) is -0.439. The molecule has 2 N–H and O–H groups in total. The Morgan fingerprint density at radius 1 is 1.15 bits per heavy atom. The molecular formula is C17H27N3O5S. The first-order valence-electron chi connectivity index (χ1n) is 9.40. The molecule has 26 heavy (non-hydrogen) atoms. The van der Waals surface area contributed by atoms with Crippen molar-refractivity contribution in [1.82, 2.24) is 15.5 Å². The summed E-state index contributed by atoms with van der Waals surface area (Å²) in [5.74, 6) is -0.259. The molecule has 3 fully saturated rings. The molecule has 0 aromatic heterocycles. The van der Waals surface area contributed by atoms with Crippen LogP contribution in [0.15, 0.2) is 0 Å². The first kappa shape index (κ1) is 19.1. The van der Waals surface area contributed by atoms with Crippen molar-refractivity contribution in [2.45, 2.75) is 51.0 Å². The Hall–Kier alpha value is -1.64. The highest BCUT2D eigenvalue weighted by molar-refractivity contribution is 7.91. The number of amides is 4. The van der Waals surface area contributed by atoms with E-state index in [9.17, 15) is 22.8 Å². The molecule has 0 bridgehead atoms. The van der Waals surface area contributed by atoms with Crippen molar-refractivity contribution >= 4 is 27.7 Å². The second-order valence-electron chi connectivity index (χ2n) is 7.66. The van der Waals surface area contributed by atoms with Crippen LogP contribution in [0.5, 0.6) is 0 Å². The molecule has 8 nitrogen and oxygen atoms in total. The van der Waals surface area contributed by atoms with Crippen molar-refractivity contribution in [3.8, 4) is 0 Å². The minimum Gasteiger partial charge on any atom is -0.342 e. The first-order chi connectivity index (χ1) is 12.3. The fourth-order valence-electron chi connectivity index (χ4n) is 4.56. The van der Waals surface area contributed by atoms with E-state index in [-0.39, 0.29) is 35.2 Å². The molecule has 0 aromatic rings. The molecule has 9 heteroatoms. The van der Waals surface area contributed by atoms with E-state index in [2.05, 4.69) is 10.6 Å². The van der Waals surface area contributed by atoms with Crippen LogP contribution in [0, 0.1) is 11.8 Å². The van der Waals surface area contributed by atoms with Crippen LogP contribution in [0.1, 0.15) is 45.4 Å². The Morgan fingerprint density at radius 2 is 1.77 bits per heavy atom. The van der Waals surface area contributed by atoms with Gasteiger partial charge in [0.25, 0.3) is 5.91 Å². The predicted molar refractivity (Wildman–Crippen MR) is 95.0 cm³/mol. The van der Waals surface area contributed by atoms with Gasteiger partial charge in [0.05, 0.1) is 11.5 Å². The van der Waals surface area contributed by atoms with Crippen molar-refractivity contribution in [3.05, 3.63) is 0 Å². The third-order valence-corrected chi connectivity index (χ3v) is 7.74. The van der Waals surface area contributed by atoms with E-state index >= 15 is 0 Å².